The minimum atomic E-state index is -0.270. The number of thiophene rings is 1. The van der Waals surface area contributed by atoms with Gasteiger partial charge in [-0.05, 0) is 65.0 Å². The third kappa shape index (κ3) is 3.70. The topological polar surface area (TPSA) is 42.7 Å². The number of pyridine rings is 2. The second-order valence-corrected chi connectivity index (χ2v) is 13.7. The van der Waals surface area contributed by atoms with Crippen molar-refractivity contribution in [3.05, 3.63) is 145 Å². The molecule has 9 aromatic rings. The van der Waals surface area contributed by atoms with E-state index in [0.717, 1.165) is 55.3 Å². The van der Waals surface area contributed by atoms with Crippen LogP contribution in [0.3, 0.4) is 0 Å². The molecule has 5 aromatic carbocycles. The molecule has 224 valence electrons. The summed E-state index contributed by atoms with van der Waals surface area (Å²) in [5.41, 5.74) is 6.56. The number of imidazole rings is 1. The molecular weight excluding hydrogens is 597 g/mol. The van der Waals surface area contributed by atoms with Crippen LogP contribution in [0.5, 0.6) is 11.5 Å². The van der Waals surface area contributed by atoms with Crippen molar-refractivity contribution >= 4 is 76.0 Å². The van der Waals surface area contributed by atoms with Crippen LogP contribution in [0.15, 0.2) is 134 Å². The first-order valence-electron chi connectivity index (χ1n) is 15.8. The number of ether oxygens (including phenoxy) is 1. The molecule has 0 fully saturated rings. The van der Waals surface area contributed by atoms with Crippen LogP contribution in [0.2, 0.25) is 0 Å². The smallest absolute Gasteiger partial charge is 0.147 e. The average molecular weight is 625 g/mol. The van der Waals surface area contributed by atoms with E-state index in [1.165, 1.54) is 32.0 Å². The van der Waals surface area contributed by atoms with Gasteiger partial charge in [-0.3, -0.25) is 9.30 Å². The van der Waals surface area contributed by atoms with Gasteiger partial charge in [0.2, 0.25) is 0 Å². The van der Waals surface area contributed by atoms with E-state index in [2.05, 4.69) is 132 Å². The maximum atomic E-state index is 7.00. The van der Waals surface area contributed by atoms with E-state index < -0.39 is 0 Å². The SMILES string of the molecule is CC1(C)c2ccccc2N(c2ccccn2)c2cc(Oc3ccc4c5ccccc5n5ccnc5c4c3)c3sc4ccccc4c3c21. The van der Waals surface area contributed by atoms with Crippen molar-refractivity contribution < 1.29 is 4.74 Å². The number of para-hydroxylation sites is 2. The first-order chi connectivity index (χ1) is 23.1. The molecule has 5 heterocycles. The lowest BCUT2D eigenvalue weighted by molar-refractivity contribution is 0.489. The van der Waals surface area contributed by atoms with Crippen LogP contribution >= 0.6 is 11.3 Å². The molecule has 0 spiro atoms. The van der Waals surface area contributed by atoms with E-state index in [1.54, 1.807) is 11.3 Å². The lowest BCUT2D eigenvalue weighted by Crippen LogP contribution is -2.31. The second kappa shape index (κ2) is 9.64. The van der Waals surface area contributed by atoms with Crippen LogP contribution in [0, 0.1) is 0 Å². The highest BCUT2D eigenvalue weighted by atomic mass is 32.1. The third-order valence-electron chi connectivity index (χ3n) is 9.71. The number of fused-ring (bicyclic) bond motifs is 12. The Morgan fingerprint density at radius 3 is 2.38 bits per heavy atom. The Morgan fingerprint density at radius 1 is 0.681 bits per heavy atom. The van der Waals surface area contributed by atoms with Gasteiger partial charge in [0.1, 0.15) is 23.0 Å². The van der Waals surface area contributed by atoms with Gasteiger partial charge in [0, 0.05) is 56.3 Å². The van der Waals surface area contributed by atoms with Crippen molar-refractivity contribution in [2.75, 3.05) is 4.90 Å². The highest BCUT2D eigenvalue weighted by molar-refractivity contribution is 7.26. The fourth-order valence-corrected chi connectivity index (χ4v) is 8.84. The van der Waals surface area contributed by atoms with Crippen molar-refractivity contribution in [1.82, 2.24) is 14.4 Å². The molecule has 0 aliphatic carbocycles. The van der Waals surface area contributed by atoms with E-state index in [1.807, 2.05) is 24.7 Å². The molecule has 0 atom stereocenters. The summed E-state index contributed by atoms with van der Waals surface area (Å²) in [6.07, 6.45) is 5.76. The number of aromatic nitrogens is 3. The summed E-state index contributed by atoms with van der Waals surface area (Å²) in [5, 5.41) is 5.88. The second-order valence-electron chi connectivity index (χ2n) is 12.7. The summed E-state index contributed by atoms with van der Waals surface area (Å²) in [6.45, 7) is 4.69. The van der Waals surface area contributed by atoms with Crippen LogP contribution in [0.25, 0.3) is 47.5 Å². The highest BCUT2D eigenvalue weighted by Gasteiger charge is 2.40. The zero-order valence-corrected chi connectivity index (χ0v) is 26.6. The fraction of sp³-hybridized carbons (Fsp3) is 0.0732. The summed E-state index contributed by atoms with van der Waals surface area (Å²) in [4.78, 5) is 11.9. The Hall–Kier alpha value is -5.72. The molecule has 6 heteroatoms. The molecular formula is C41H28N4OS. The Bertz CT molecular complexity index is 2710. The molecule has 1 aliphatic heterocycles. The van der Waals surface area contributed by atoms with Crippen molar-refractivity contribution in [3.8, 4) is 11.5 Å². The first-order valence-corrected chi connectivity index (χ1v) is 16.6. The third-order valence-corrected chi connectivity index (χ3v) is 10.9. The zero-order valence-electron chi connectivity index (χ0n) is 25.8. The van der Waals surface area contributed by atoms with Gasteiger partial charge in [-0.15, -0.1) is 11.3 Å². The van der Waals surface area contributed by atoms with Crippen LogP contribution in [0.1, 0.15) is 25.0 Å². The molecule has 5 nitrogen and oxygen atoms in total. The van der Waals surface area contributed by atoms with E-state index in [0.29, 0.717) is 0 Å². The molecule has 1 aliphatic rings. The lowest BCUT2D eigenvalue weighted by atomic mass is 9.72. The lowest BCUT2D eigenvalue weighted by Gasteiger charge is -2.42. The normalized spacial score (nSPS) is 13.9. The van der Waals surface area contributed by atoms with E-state index in [-0.39, 0.29) is 5.41 Å². The first kappa shape index (κ1) is 26.5. The van der Waals surface area contributed by atoms with Gasteiger partial charge in [-0.2, -0.15) is 0 Å². The zero-order chi connectivity index (χ0) is 31.3. The molecule has 47 heavy (non-hydrogen) atoms. The van der Waals surface area contributed by atoms with Crippen molar-refractivity contribution in [3.63, 3.8) is 0 Å². The average Bonchev–Trinajstić information content (AvgIpc) is 3.75. The molecule has 0 radical (unpaired) electrons. The van der Waals surface area contributed by atoms with Gasteiger partial charge in [0.25, 0.3) is 0 Å². The summed E-state index contributed by atoms with van der Waals surface area (Å²) in [5.74, 6) is 2.48. The minimum Gasteiger partial charge on any atom is -0.456 e. The highest BCUT2D eigenvalue weighted by Crippen LogP contribution is 2.58. The number of benzene rings is 5. The van der Waals surface area contributed by atoms with Crippen molar-refractivity contribution in [1.29, 1.82) is 0 Å². The quantitative estimate of drug-likeness (QED) is 0.183. The Morgan fingerprint density at radius 2 is 1.49 bits per heavy atom. The summed E-state index contributed by atoms with van der Waals surface area (Å²) in [7, 11) is 0. The molecule has 4 aromatic heterocycles. The molecule has 0 unspecified atom stereocenters. The van der Waals surface area contributed by atoms with Crippen LogP contribution < -0.4 is 9.64 Å². The van der Waals surface area contributed by atoms with Crippen molar-refractivity contribution in [2.24, 2.45) is 0 Å². The molecule has 0 saturated heterocycles. The van der Waals surface area contributed by atoms with Gasteiger partial charge in [-0.25, -0.2) is 9.97 Å². The van der Waals surface area contributed by atoms with E-state index in [9.17, 15) is 0 Å². The Labute approximate surface area is 274 Å². The summed E-state index contributed by atoms with van der Waals surface area (Å²) < 4.78 is 11.5. The van der Waals surface area contributed by atoms with Gasteiger partial charge in [0.15, 0.2) is 0 Å². The van der Waals surface area contributed by atoms with Crippen molar-refractivity contribution in [2.45, 2.75) is 19.3 Å². The number of hydrogen-bond acceptors (Lipinski definition) is 5. The number of anilines is 3. The summed E-state index contributed by atoms with van der Waals surface area (Å²) in [6, 6.07) is 40.6. The number of rotatable bonds is 3. The summed E-state index contributed by atoms with van der Waals surface area (Å²) >= 11 is 1.79. The number of nitrogens with zero attached hydrogens (tertiary/aromatic N) is 4. The van der Waals surface area contributed by atoms with Gasteiger partial charge in [0.05, 0.1) is 21.6 Å². The van der Waals surface area contributed by atoms with Crippen LogP contribution in [-0.2, 0) is 5.41 Å². The molecule has 0 amide bonds. The van der Waals surface area contributed by atoms with Gasteiger partial charge < -0.3 is 4.74 Å². The monoisotopic (exact) mass is 624 g/mol. The predicted octanol–water partition coefficient (Wildman–Crippen LogP) is 11.3. The predicted molar refractivity (Wildman–Crippen MR) is 194 cm³/mol. The van der Waals surface area contributed by atoms with E-state index >= 15 is 0 Å². The molecule has 0 saturated carbocycles. The molecule has 10 rings (SSSR count). The maximum absolute atomic E-state index is 7.00. The minimum absolute atomic E-state index is 0.270. The Balaban J connectivity index is 1.26. The largest absolute Gasteiger partial charge is 0.456 e. The maximum Gasteiger partial charge on any atom is 0.147 e. The molecule has 0 bridgehead atoms. The fourth-order valence-electron chi connectivity index (χ4n) is 7.68. The number of hydrogen-bond donors (Lipinski definition) is 0. The molecule has 0 N–H and O–H groups in total. The van der Waals surface area contributed by atoms with Crippen LogP contribution in [-0.4, -0.2) is 14.4 Å². The van der Waals surface area contributed by atoms with Crippen LogP contribution in [0.4, 0.5) is 17.2 Å². The van der Waals surface area contributed by atoms with E-state index in [4.69, 9.17) is 14.7 Å². The standard InChI is InChI=1S/C41H28N4OS/c1-41(2)30-13-5-7-15-32(30)45(36-17-9-10-20-42-36)33-24-34(39-37(38(33)41)28-12-4-8-16-35(28)47-39)46-25-18-19-26-27-11-3-6-14-31(27)44-22-21-43-40(44)29(26)23-25/h3-24H,1-2H3. The Kier molecular flexibility index (Phi) is 5.44. The van der Waals surface area contributed by atoms with Gasteiger partial charge in [-0.1, -0.05) is 74.5 Å². The van der Waals surface area contributed by atoms with Gasteiger partial charge >= 0.3 is 0 Å².